The molecule has 0 bridgehead atoms. The van der Waals surface area contributed by atoms with E-state index in [1.807, 2.05) is 0 Å². The van der Waals surface area contributed by atoms with Gasteiger partial charge in [0.1, 0.15) is 0 Å². The molecule has 1 aromatic carbocycles. The number of hydrogen-bond donors (Lipinski definition) is 1. The fraction of sp³-hybridized carbons (Fsp3) is 0.600. The van der Waals surface area contributed by atoms with Gasteiger partial charge < -0.3 is 5.32 Å². The van der Waals surface area contributed by atoms with Crippen LogP contribution in [0.3, 0.4) is 0 Å². The van der Waals surface area contributed by atoms with Crippen molar-refractivity contribution >= 4 is 0 Å². The van der Waals surface area contributed by atoms with Crippen molar-refractivity contribution in [2.75, 3.05) is 6.54 Å². The van der Waals surface area contributed by atoms with Crippen LogP contribution in [0.5, 0.6) is 0 Å². The number of rotatable bonds is 5. The molecule has 0 radical (unpaired) electrons. The van der Waals surface area contributed by atoms with Crippen LogP contribution in [0, 0.1) is 12.3 Å². The summed E-state index contributed by atoms with van der Waals surface area (Å²) in [4.78, 5) is 0. The standard InChI is InChI=1S/C15H23N/c1-3-15(8-5-9-15)12-16-11-14-7-4-6-13(2)10-14/h4,6-7,10,16H,3,5,8-9,11-12H2,1-2H3. The van der Waals surface area contributed by atoms with E-state index in [4.69, 9.17) is 0 Å². The van der Waals surface area contributed by atoms with E-state index in [0.29, 0.717) is 5.41 Å². The van der Waals surface area contributed by atoms with Gasteiger partial charge in [-0.3, -0.25) is 0 Å². The van der Waals surface area contributed by atoms with Crippen LogP contribution in [0.15, 0.2) is 24.3 Å². The summed E-state index contributed by atoms with van der Waals surface area (Å²) in [7, 11) is 0. The minimum Gasteiger partial charge on any atom is -0.312 e. The fourth-order valence-electron chi connectivity index (χ4n) is 2.63. The Kier molecular flexibility index (Phi) is 3.65. The highest BCUT2D eigenvalue weighted by molar-refractivity contribution is 5.21. The van der Waals surface area contributed by atoms with Crippen LogP contribution in [-0.2, 0) is 6.54 Å². The molecule has 0 heterocycles. The molecule has 0 atom stereocenters. The molecule has 1 fully saturated rings. The lowest BCUT2D eigenvalue weighted by Crippen LogP contribution is -2.39. The van der Waals surface area contributed by atoms with Crippen LogP contribution < -0.4 is 5.32 Å². The maximum atomic E-state index is 3.62. The Morgan fingerprint density at radius 1 is 1.31 bits per heavy atom. The normalized spacial score (nSPS) is 18.1. The van der Waals surface area contributed by atoms with Gasteiger partial charge in [-0.1, -0.05) is 43.2 Å². The van der Waals surface area contributed by atoms with Gasteiger partial charge in [-0.05, 0) is 37.2 Å². The van der Waals surface area contributed by atoms with Gasteiger partial charge in [0.25, 0.3) is 0 Å². The van der Waals surface area contributed by atoms with Gasteiger partial charge in [0.05, 0.1) is 0 Å². The second kappa shape index (κ2) is 5.01. The lowest BCUT2D eigenvalue weighted by atomic mass is 9.67. The van der Waals surface area contributed by atoms with Crippen molar-refractivity contribution in [3.63, 3.8) is 0 Å². The van der Waals surface area contributed by atoms with Crippen molar-refractivity contribution in [2.45, 2.75) is 46.1 Å². The molecule has 1 saturated carbocycles. The summed E-state index contributed by atoms with van der Waals surface area (Å²) in [6.07, 6.45) is 5.60. The van der Waals surface area contributed by atoms with E-state index in [-0.39, 0.29) is 0 Å². The summed E-state index contributed by atoms with van der Waals surface area (Å²) in [6, 6.07) is 8.78. The molecule has 0 saturated heterocycles. The highest BCUT2D eigenvalue weighted by Gasteiger charge is 2.34. The maximum absolute atomic E-state index is 3.62. The minimum atomic E-state index is 0.629. The largest absolute Gasteiger partial charge is 0.312 e. The zero-order valence-electron chi connectivity index (χ0n) is 10.6. The molecule has 1 aliphatic rings. The lowest BCUT2D eigenvalue weighted by molar-refractivity contribution is 0.124. The predicted molar refractivity (Wildman–Crippen MR) is 69.5 cm³/mol. The Hall–Kier alpha value is -0.820. The third kappa shape index (κ3) is 2.65. The van der Waals surface area contributed by atoms with Crippen molar-refractivity contribution in [1.82, 2.24) is 5.32 Å². The van der Waals surface area contributed by atoms with Crippen LogP contribution in [0.25, 0.3) is 0 Å². The Morgan fingerprint density at radius 3 is 2.69 bits per heavy atom. The molecule has 0 aromatic heterocycles. The number of hydrogen-bond acceptors (Lipinski definition) is 1. The molecular formula is C15H23N. The average Bonchev–Trinajstić information content (AvgIpc) is 2.22. The van der Waals surface area contributed by atoms with Crippen molar-refractivity contribution in [1.29, 1.82) is 0 Å². The third-order valence-corrected chi connectivity index (χ3v) is 4.08. The van der Waals surface area contributed by atoms with Crippen LogP contribution >= 0.6 is 0 Å². The van der Waals surface area contributed by atoms with Gasteiger partial charge >= 0.3 is 0 Å². The van der Waals surface area contributed by atoms with E-state index >= 15 is 0 Å². The third-order valence-electron chi connectivity index (χ3n) is 4.08. The molecule has 1 aromatic rings. The maximum Gasteiger partial charge on any atom is 0.0205 e. The zero-order chi connectivity index (χ0) is 11.4. The molecule has 1 N–H and O–H groups in total. The number of aryl methyl sites for hydroxylation is 1. The summed E-state index contributed by atoms with van der Waals surface area (Å²) in [5.41, 5.74) is 3.39. The average molecular weight is 217 g/mol. The molecule has 1 heteroatoms. The molecule has 0 amide bonds. The van der Waals surface area contributed by atoms with E-state index in [1.165, 1.54) is 43.4 Å². The van der Waals surface area contributed by atoms with Crippen molar-refractivity contribution in [3.8, 4) is 0 Å². The van der Waals surface area contributed by atoms with Gasteiger partial charge in [0, 0.05) is 13.1 Å². The van der Waals surface area contributed by atoms with Gasteiger partial charge in [0.2, 0.25) is 0 Å². The van der Waals surface area contributed by atoms with Crippen LogP contribution in [-0.4, -0.2) is 6.54 Å². The topological polar surface area (TPSA) is 12.0 Å². The summed E-state index contributed by atoms with van der Waals surface area (Å²) in [6.45, 7) is 6.69. The van der Waals surface area contributed by atoms with Gasteiger partial charge in [-0.15, -0.1) is 0 Å². The quantitative estimate of drug-likeness (QED) is 0.793. The van der Waals surface area contributed by atoms with Gasteiger partial charge in [0.15, 0.2) is 0 Å². The second-order valence-corrected chi connectivity index (χ2v) is 5.30. The highest BCUT2D eigenvalue weighted by atomic mass is 14.9. The number of nitrogens with one attached hydrogen (secondary N) is 1. The first-order valence-corrected chi connectivity index (χ1v) is 6.50. The highest BCUT2D eigenvalue weighted by Crippen LogP contribution is 2.43. The smallest absolute Gasteiger partial charge is 0.0205 e. The first-order valence-electron chi connectivity index (χ1n) is 6.50. The number of benzene rings is 1. The van der Waals surface area contributed by atoms with Crippen LogP contribution in [0.4, 0.5) is 0 Å². The molecule has 2 rings (SSSR count). The first kappa shape index (κ1) is 11.7. The van der Waals surface area contributed by atoms with Crippen LogP contribution in [0.1, 0.15) is 43.7 Å². The van der Waals surface area contributed by atoms with Crippen molar-refractivity contribution < 1.29 is 0 Å². The Bertz CT molecular complexity index is 334. The SMILES string of the molecule is CCC1(CNCc2cccc(C)c2)CCC1. The Balaban J connectivity index is 1.79. The van der Waals surface area contributed by atoms with Gasteiger partial charge in [-0.25, -0.2) is 0 Å². The predicted octanol–water partition coefficient (Wildman–Crippen LogP) is 3.66. The van der Waals surface area contributed by atoms with E-state index in [1.54, 1.807) is 0 Å². The minimum absolute atomic E-state index is 0.629. The van der Waals surface area contributed by atoms with E-state index < -0.39 is 0 Å². The Morgan fingerprint density at radius 2 is 2.12 bits per heavy atom. The first-order chi connectivity index (χ1) is 7.74. The summed E-state index contributed by atoms with van der Waals surface area (Å²) < 4.78 is 0. The molecular weight excluding hydrogens is 194 g/mol. The zero-order valence-corrected chi connectivity index (χ0v) is 10.6. The Labute approximate surface area is 99.3 Å². The fourth-order valence-corrected chi connectivity index (χ4v) is 2.63. The van der Waals surface area contributed by atoms with Gasteiger partial charge in [-0.2, -0.15) is 0 Å². The summed E-state index contributed by atoms with van der Waals surface area (Å²) in [5, 5.41) is 3.62. The molecule has 0 unspecified atom stereocenters. The van der Waals surface area contributed by atoms with E-state index in [0.717, 1.165) is 6.54 Å². The van der Waals surface area contributed by atoms with Crippen molar-refractivity contribution in [3.05, 3.63) is 35.4 Å². The van der Waals surface area contributed by atoms with Crippen molar-refractivity contribution in [2.24, 2.45) is 5.41 Å². The monoisotopic (exact) mass is 217 g/mol. The van der Waals surface area contributed by atoms with E-state index in [9.17, 15) is 0 Å². The molecule has 0 spiro atoms. The molecule has 1 nitrogen and oxygen atoms in total. The lowest BCUT2D eigenvalue weighted by Gasteiger charge is -2.41. The molecule has 0 aliphatic heterocycles. The summed E-state index contributed by atoms with van der Waals surface area (Å²) in [5.74, 6) is 0. The molecule has 1 aliphatic carbocycles. The molecule has 16 heavy (non-hydrogen) atoms. The van der Waals surface area contributed by atoms with Crippen LogP contribution in [0.2, 0.25) is 0 Å². The second-order valence-electron chi connectivity index (χ2n) is 5.30. The molecule has 88 valence electrons. The summed E-state index contributed by atoms with van der Waals surface area (Å²) >= 11 is 0. The van der Waals surface area contributed by atoms with E-state index in [2.05, 4.69) is 43.4 Å².